The summed E-state index contributed by atoms with van der Waals surface area (Å²) in [6, 6.07) is 13.3. The summed E-state index contributed by atoms with van der Waals surface area (Å²) in [5.41, 5.74) is 0. The third-order valence-electron chi connectivity index (χ3n) is 7.47. The van der Waals surface area contributed by atoms with Crippen LogP contribution in [0.5, 0.6) is 0 Å². The quantitative estimate of drug-likeness (QED) is 0.181. The van der Waals surface area contributed by atoms with Gasteiger partial charge >= 0.3 is 0 Å². The first-order valence-corrected chi connectivity index (χ1v) is 15.8. The number of benzene rings is 1. The van der Waals surface area contributed by atoms with Crippen LogP contribution in [0.4, 0.5) is 4.39 Å². The Hall–Kier alpha value is 0.577. The topological polar surface area (TPSA) is 0 Å². The molecule has 1 saturated heterocycles. The van der Waals surface area contributed by atoms with E-state index in [0.717, 1.165) is 30.6 Å². The SMILES string of the molecule is CC(F)CCC[Si]1(c2ccccc2I)CCC(C2CCC(CBr)CC2)CC1. The number of halogens is 3. The smallest absolute Gasteiger partial charge is 0.0973 e. The van der Waals surface area contributed by atoms with Crippen molar-refractivity contribution in [1.29, 1.82) is 0 Å². The van der Waals surface area contributed by atoms with Crippen LogP contribution in [0, 0.1) is 21.3 Å². The Balaban J connectivity index is 1.66. The maximum absolute atomic E-state index is 13.4. The number of hydrogen-bond acceptors (Lipinski definition) is 0. The van der Waals surface area contributed by atoms with Gasteiger partial charge in [-0.15, -0.1) is 0 Å². The monoisotopic (exact) mass is 564 g/mol. The van der Waals surface area contributed by atoms with Crippen LogP contribution < -0.4 is 5.19 Å². The molecular formula is C23H35BrFISi. The zero-order valence-corrected chi connectivity index (χ0v) is 21.5. The minimum Gasteiger partial charge on any atom is -0.248 e. The Morgan fingerprint density at radius 3 is 2.30 bits per heavy atom. The predicted molar refractivity (Wildman–Crippen MR) is 131 cm³/mol. The van der Waals surface area contributed by atoms with Crippen molar-refractivity contribution in [2.24, 2.45) is 17.8 Å². The molecule has 0 bridgehead atoms. The van der Waals surface area contributed by atoms with Crippen molar-refractivity contribution in [2.45, 2.75) is 82.6 Å². The lowest BCUT2D eigenvalue weighted by Gasteiger charge is -2.43. The normalized spacial score (nSPS) is 33.0. The Labute approximate surface area is 188 Å². The van der Waals surface area contributed by atoms with Gasteiger partial charge in [-0.25, -0.2) is 4.39 Å². The second kappa shape index (κ2) is 10.6. The highest BCUT2D eigenvalue weighted by Gasteiger charge is 2.41. The Bertz CT molecular complexity index is 577. The van der Waals surface area contributed by atoms with Crippen molar-refractivity contribution in [3.05, 3.63) is 27.8 Å². The van der Waals surface area contributed by atoms with Crippen molar-refractivity contribution in [3.63, 3.8) is 0 Å². The first kappa shape index (κ1) is 22.3. The molecule has 3 rings (SSSR count). The molecule has 27 heavy (non-hydrogen) atoms. The molecule has 4 heteroatoms. The van der Waals surface area contributed by atoms with Crippen molar-refractivity contribution in [2.75, 3.05) is 5.33 Å². The van der Waals surface area contributed by atoms with Crippen molar-refractivity contribution in [1.82, 2.24) is 0 Å². The van der Waals surface area contributed by atoms with Crippen LogP contribution in [-0.4, -0.2) is 19.6 Å². The third-order valence-corrected chi connectivity index (χ3v) is 15.2. The molecule has 0 nitrogen and oxygen atoms in total. The van der Waals surface area contributed by atoms with E-state index in [1.165, 1.54) is 65.6 Å². The van der Waals surface area contributed by atoms with Crippen LogP contribution in [0.25, 0.3) is 0 Å². The van der Waals surface area contributed by atoms with Crippen molar-refractivity contribution in [3.8, 4) is 0 Å². The average molecular weight is 565 g/mol. The predicted octanol–water partition coefficient (Wildman–Crippen LogP) is 7.70. The minimum absolute atomic E-state index is 0.646. The largest absolute Gasteiger partial charge is 0.248 e. The van der Waals surface area contributed by atoms with Crippen molar-refractivity contribution >= 4 is 51.8 Å². The van der Waals surface area contributed by atoms with Crippen LogP contribution in [0.3, 0.4) is 0 Å². The van der Waals surface area contributed by atoms with Crippen LogP contribution in [0.2, 0.25) is 18.1 Å². The van der Waals surface area contributed by atoms with Crippen LogP contribution in [0.15, 0.2) is 24.3 Å². The molecule has 1 aromatic rings. The van der Waals surface area contributed by atoms with Crippen molar-refractivity contribution < 1.29 is 4.39 Å². The van der Waals surface area contributed by atoms with E-state index in [1.54, 1.807) is 12.1 Å². The zero-order chi connectivity index (χ0) is 19.3. The van der Waals surface area contributed by atoms with E-state index in [0.29, 0.717) is 0 Å². The van der Waals surface area contributed by atoms with Crippen LogP contribution in [0.1, 0.15) is 58.3 Å². The fourth-order valence-corrected chi connectivity index (χ4v) is 13.8. The summed E-state index contributed by atoms with van der Waals surface area (Å²) in [4.78, 5) is 0. The highest BCUT2D eigenvalue weighted by Crippen LogP contribution is 2.44. The van der Waals surface area contributed by atoms with Gasteiger partial charge in [-0.2, -0.15) is 0 Å². The van der Waals surface area contributed by atoms with Gasteiger partial charge in [0.25, 0.3) is 0 Å². The molecular weight excluding hydrogens is 530 g/mol. The van der Waals surface area contributed by atoms with Crippen LogP contribution in [-0.2, 0) is 0 Å². The second-order valence-corrected chi connectivity index (χ2v) is 15.6. The summed E-state index contributed by atoms with van der Waals surface area (Å²) < 4.78 is 14.9. The summed E-state index contributed by atoms with van der Waals surface area (Å²) in [5.74, 6) is 2.86. The van der Waals surface area contributed by atoms with E-state index in [2.05, 4.69) is 62.8 Å². The summed E-state index contributed by atoms with van der Waals surface area (Å²) in [5, 5.41) is 2.87. The van der Waals surface area contributed by atoms with E-state index in [-0.39, 0.29) is 0 Å². The highest BCUT2D eigenvalue weighted by atomic mass is 127. The molecule has 1 saturated carbocycles. The van der Waals surface area contributed by atoms with Gasteiger partial charge in [0.2, 0.25) is 0 Å². The van der Waals surface area contributed by atoms with Gasteiger partial charge in [0.15, 0.2) is 0 Å². The lowest BCUT2D eigenvalue weighted by molar-refractivity contribution is 0.200. The molecule has 2 fully saturated rings. The molecule has 1 aromatic carbocycles. The van der Waals surface area contributed by atoms with Gasteiger partial charge in [0.05, 0.1) is 14.2 Å². The first-order chi connectivity index (χ1) is 13.0. The molecule has 0 N–H and O–H groups in total. The Morgan fingerprint density at radius 1 is 1.07 bits per heavy atom. The molecule has 0 spiro atoms. The van der Waals surface area contributed by atoms with E-state index in [4.69, 9.17) is 0 Å². The fourth-order valence-electron chi connectivity index (χ4n) is 5.75. The Kier molecular flexibility index (Phi) is 8.71. The van der Waals surface area contributed by atoms with Gasteiger partial charge in [-0.05, 0) is 90.6 Å². The summed E-state index contributed by atoms with van der Waals surface area (Å²) in [6.45, 7) is 1.72. The molecule has 0 aromatic heterocycles. The maximum atomic E-state index is 13.4. The van der Waals surface area contributed by atoms with Gasteiger partial charge in [0, 0.05) is 8.90 Å². The Morgan fingerprint density at radius 2 is 1.70 bits per heavy atom. The number of alkyl halides is 2. The van der Waals surface area contributed by atoms with Gasteiger partial charge in [-0.3, -0.25) is 0 Å². The standard InChI is InChI=1S/C23H35BrFISi/c1-18(25)5-4-14-27(23-7-3-2-6-22(23)26)15-12-21(13-16-27)20-10-8-19(17-24)9-11-20/h2-3,6-7,18-21H,4-5,8-17H2,1H3. The molecule has 1 heterocycles. The molecule has 1 unspecified atom stereocenters. The summed E-state index contributed by atoms with van der Waals surface area (Å²) >= 11 is 6.24. The lowest BCUT2D eigenvalue weighted by atomic mass is 9.74. The highest BCUT2D eigenvalue weighted by molar-refractivity contribution is 14.1. The summed E-state index contributed by atoms with van der Waals surface area (Å²) in [6.07, 6.45) is 9.83. The summed E-state index contributed by atoms with van der Waals surface area (Å²) in [7, 11) is -1.48. The molecule has 0 radical (unpaired) electrons. The lowest BCUT2D eigenvalue weighted by Crippen LogP contribution is -2.52. The van der Waals surface area contributed by atoms with Gasteiger partial charge in [-0.1, -0.05) is 71.5 Å². The average Bonchev–Trinajstić information content (AvgIpc) is 2.69. The number of hydrogen-bond donors (Lipinski definition) is 0. The van der Waals surface area contributed by atoms with Gasteiger partial charge < -0.3 is 0 Å². The molecule has 2 aliphatic rings. The molecule has 1 aliphatic carbocycles. The van der Waals surface area contributed by atoms with E-state index < -0.39 is 14.2 Å². The molecule has 152 valence electrons. The fraction of sp³-hybridized carbons (Fsp3) is 0.739. The molecule has 1 atom stereocenters. The van der Waals surface area contributed by atoms with Crippen LogP contribution >= 0.6 is 38.5 Å². The molecule has 1 aliphatic heterocycles. The number of rotatable bonds is 7. The molecule has 0 amide bonds. The maximum Gasteiger partial charge on any atom is 0.0973 e. The van der Waals surface area contributed by atoms with E-state index in [1.807, 2.05) is 0 Å². The first-order valence-electron chi connectivity index (χ1n) is 11.0. The zero-order valence-electron chi connectivity index (χ0n) is 16.7. The van der Waals surface area contributed by atoms with Gasteiger partial charge in [0.1, 0.15) is 0 Å². The van der Waals surface area contributed by atoms with E-state index >= 15 is 0 Å². The third kappa shape index (κ3) is 5.81. The minimum atomic E-state index is -1.48. The second-order valence-electron chi connectivity index (χ2n) is 9.21. The van der Waals surface area contributed by atoms with E-state index in [9.17, 15) is 4.39 Å².